The van der Waals surface area contributed by atoms with E-state index in [2.05, 4.69) is 0 Å². The number of aromatic hydroxyl groups is 1. The van der Waals surface area contributed by atoms with Crippen molar-refractivity contribution in [1.82, 2.24) is 4.90 Å². The lowest BCUT2D eigenvalue weighted by Crippen LogP contribution is -2.48. The van der Waals surface area contributed by atoms with Crippen LogP contribution in [-0.4, -0.2) is 39.1 Å². The Morgan fingerprint density at radius 3 is 2.22 bits per heavy atom. The molecule has 0 bridgehead atoms. The van der Waals surface area contributed by atoms with Gasteiger partial charge in [-0.15, -0.1) is 0 Å². The number of rotatable bonds is 3. The van der Waals surface area contributed by atoms with Crippen molar-refractivity contribution in [2.45, 2.75) is 26.3 Å². The molecule has 0 aliphatic heterocycles. The molecule has 1 aromatic carbocycles. The molecule has 0 fully saturated rings. The Labute approximate surface area is 106 Å². The van der Waals surface area contributed by atoms with E-state index >= 15 is 0 Å². The second-order valence-corrected chi connectivity index (χ2v) is 4.97. The summed E-state index contributed by atoms with van der Waals surface area (Å²) in [5.74, 6) is -1.74. The van der Waals surface area contributed by atoms with E-state index in [-0.39, 0.29) is 11.3 Å². The number of phenolic OH excluding ortho intramolecular Hbond substituents is 1. The summed E-state index contributed by atoms with van der Waals surface area (Å²) in [5.41, 5.74) is -0.536. The predicted molar refractivity (Wildman–Crippen MR) is 66.5 cm³/mol. The average Bonchev–Trinajstić information content (AvgIpc) is 2.24. The molecular weight excluding hydrogens is 234 g/mol. The SMILES string of the molecule is CC(C)(C)N(CC(=O)O)C(=O)c1ccccc1O. The van der Waals surface area contributed by atoms with Gasteiger partial charge in [0, 0.05) is 5.54 Å². The number of carbonyl (C=O) groups excluding carboxylic acids is 1. The van der Waals surface area contributed by atoms with Gasteiger partial charge in [0.15, 0.2) is 0 Å². The van der Waals surface area contributed by atoms with Crippen molar-refractivity contribution < 1.29 is 19.8 Å². The van der Waals surface area contributed by atoms with Crippen LogP contribution in [0.4, 0.5) is 0 Å². The molecule has 1 rings (SSSR count). The number of aliphatic carboxylic acids is 1. The van der Waals surface area contributed by atoms with Crippen molar-refractivity contribution in [2.24, 2.45) is 0 Å². The quantitative estimate of drug-likeness (QED) is 0.857. The molecule has 1 amide bonds. The Morgan fingerprint density at radius 2 is 1.78 bits per heavy atom. The van der Waals surface area contributed by atoms with Gasteiger partial charge in [0.05, 0.1) is 5.56 Å². The van der Waals surface area contributed by atoms with Crippen molar-refractivity contribution in [3.63, 3.8) is 0 Å². The van der Waals surface area contributed by atoms with Crippen LogP contribution in [-0.2, 0) is 4.79 Å². The highest BCUT2D eigenvalue weighted by Gasteiger charge is 2.30. The van der Waals surface area contributed by atoms with Gasteiger partial charge in [-0.1, -0.05) is 12.1 Å². The fraction of sp³-hybridized carbons (Fsp3) is 0.385. The van der Waals surface area contributed by atoms with Crippen molar-refractivity contribution in [3.8, 4) is 5.75 Å². The summed E-state index contributed by atoms with van der Waals surface area (Å²) in [6, 6.07) is 6.09. The third-order valence-electron chi connectivity index (χ3n) is 2.48. The number of benzene rings is 1. The lowest BCUT2D eigenvalue weighted by atomic mass is 10.0. The minimum absolute atomic E-state index is 0.105. The Kier molecular flexibility index (Phi) is 3.96. The first-order valence-electron chi connectivity index (χ1n) is 5.55. The summed E-state index contributed by atoms with van der Waals surface area (Å²) >= 11 is 0. The van der Waals surface area contributed by atoms with Gasteiger partial charge in [-0.25, -0.2) is 0 Å². The first-order valence-corrected chi connectivity index (χ1v) is 5.55. The molecule has 0 atom stereocenters. The maximum Gasteiger partial charge on any atom is 0.323 e. The van der Waals surface area contributed by atoms with Crippen molar-refractivity contribution in [1.29, 1.82) is 0 Å². The molecule has 0 unspecified atom stereocenters. The van der Waals surface area contributed by atoms with Crippen LogP contribution in [0.15, 0.2) is 24.3 Å². The zero-order chi connectivity index (χ0) is 13.9. The van der Waals surface area contributed by atoms with Crippen LogP contribution >= 0.6 is 0 Å². The number of para-hydroxylation sites is 1. The van der Waals surface area contributed by atoms with E-state index < -0.39 is 24.0 Å². The normalized spacial score (nSPS) is 11.1. The van der Waals surface area contributed by atoms with Crippen LogP contribution < -0.4 is 0 Å². The Balaban J connectivity index is 3.11. The van der Waals surface area contributed by atoms with Crippen LogP contribution in [0.1, 0.15) is 31.1 Å². The van der Waals surface area contributed by atoms with Gasteiger partial charge in [-0.05, 0) is 32.9 Å². The van der Waals surface area contributed by atoms with E-state index in [1.54, 1.807) is 32.9 Å². The number of nitrogens with zero attached hydrogens (tertiary/aromatic N) is 1. The number of phenols is 1. The molecule has 98 valence electrons. The minimum Gasteiger partial charge on any atom is -0.507 e. The number of hydrogen-bond donors (Lipinski definition) is 2. The number of carboxylic acid groups (broad SMARTS) is 1. The van der Waals surface area contributed by atoms with Gasteiger partial charge in [-0.2, -0.15) is 0 Å². The topological polar surface area (TPSA) is 77.8 Å². The standard InChI is InChI=1S/C13H17NO4/c1-13(2,3)14(8-11(16)17)12(18)9-6-4-5-7-10(9)15/h4-7,15H,8H2,1-3H3,(H,16,17). The Hall–Kier alpha value is -2.04. The summed E-state index contributed by atoms with van der Waals surface area (Å²) in [6.07, 6.45) is 0. The van der Waals surface area contributed by atoms with Crippen LogP contribution in [0.2, 0.25) is 0 Å². The summed E-state index contributed by atoms with van der Waals surface area (Å²) in [4.78, 5) is 24.3. The first kappa shape index (κ1) is 14.0. The highest BCUT2D eigenvalue weighted by atomic mass is 16.4. The first-order chi connectivity index (χ1) is 8.23. The van der Waals surface area contributed by atoms with Crippen LogP contribution in [0.5, 0.6) is 5.75 Å². The average molecular weight is 251 g/mol. The van der Waals surface area contributed by atoms with E-state index in [1.807, 2.05) is 0 Å². The van der Waals surface area contributed by atoms with Crippen molar-refractivity contribution >= 4 is 11.9 Å². The van der Waals surface area contributed by atoms with Gasteiger partial charge in [0.25, 0.3) is 5.91 Å². The van der Waals surface area contributed by atoms with E-state index in [1.165, 1.54) is 17.0 Å². The molecule has 18 heavy (non-hydrogen) atoms. The maximum absolute atomic E-state index is 12.3. The number of carboxylic acids is 1. The fourth-order valence-corrected chi connectivity index (χ4v) is 1.55. The second kappa shape index (κ2) is 5.08. The summed E-state index contributed by atoms with van der Waals surface area (Å²) in [5, 5.41) is 18.5. The van der Waals surface area contributed by atoms with Gasteiger partial charge < -0.3 is 15.1 Å². The minimum atomic E-state index is -1.09. The largest absolute Gasteiger partial charge is 0.507 e. The molecule has 0 aromatic heterocycles. The van der Waals surface area contributed by atoms with Crippen LogP contribution in [0.3, 0.4) is 0 Å². The number of carbonyl (C=O) groups is 2. The predicted octanol–water partition coefficient (Wildman–Crippen LogP) is 1.72. The van der Waals surface area contributed by atoms with E-state index in [9.17, 15) is 14.7 Å². The molecule has 5 heteroatoms. The van der Waals surface area contributed by atoms with E-state index in [0.29, 0.717) is 0 Å². The molecule has 0 aliphatic carbocycles. The zero-order valence-electron chi connectivity index (χ0n) is 10.7. The third kappa shape index (κ3) is 3.23. The van der Waals surface area contributed by atoms with E-state index in [0.717, 1.165) is 0 Å². The highest BCUT2D eigenvalue weighted by Crippen LogP contribution is 2.22. The summed E-state index contributed by atoms with van der Waals surface area (Å²) < 4.78 is 0. The lowest BCUT2D eigenvalue weighted by Gasteiger charge is -2.34. The Bertz CT molecular complexity index is 462. The van der Waals surface area contributed by atoms with Crippen LogP contribution in [0.25, 0.3) is 0 Å². The molecule has 0 heterocycles. The van der Waals surface area contributed by atoms with Crippen LogP contribution in [0, 0.1) is 0 Å². The number of amides is 1. The molecule has 0 spiro atoms. The lowest BCUT2D eigenvalue weighted by molar-refractivity contribution is -0.138. The number of hydrogen-bond acceptors (Lipinski definition) is 3. The molecule has 1 aromatic rings. The molecule has 0 saturated heterocycles. The smallest absolute Gasteiger partial charge is 0.323 e. The van der Waals surface area contributed by atoms with Gasteiger partial charge >= 0.3 is 5.97 Å². The Morgan fingerprint density at radius 1 is 1.22 bits per heavy atom. The second-order valence-electron chi connectivity index (χ2n) is 4.97. The molecular formula is C13H17NO4. The zero-order valence-corrected chi connectivity index (χ0v) is 10.7. The molecule has 0 radical (unpaired) electrons. The molecule has 0 aliphatic rings. The highest BCUT2D eigenvalue weighted by molar-refractivity contribution is 5.98. The molecule has 2 N–H and O–H groups in total. The summed E-state index contributed by atoms with van der Waals surface area (Å²) in [6.45, 7) is 4.83. The van der Waals surface area contributed by atoms with Gasteiger partial charge in [0.2, 0.25) is 0 Å². The summed E-state index contributed by atoms with van der Waals surface area (Å²) in [7, 11) is 0. The third-order valence-corrected chi connectivity index (χ3v) is 2.48. The van der Waals surface area contributed by atoms with Gasteiger partial charge in [-0.3, -0.25) is 9.59 Å². The van der Waals surface area contributed by atoms with Gasteiger partial charge in [0.1, 0.15) is 12.3 Å². The van der Waals surface area contributed by atoms with Crippen molar-refractivity contribution in [2.75, 3.05) is 6.54 Å². The molecule has 5 nitrogen and oxygen atoms in total. The van der Waals surface area contributed by atoms with E-state index in [4.69, 9.17) is 5.11 Å². The fourth-order valence-electron chi connectivity index (χ4n) is 1.55. The molecule has 0 saturated carbocycles. The van der Waals surface area contributed by atoms with Crippen molar-refractivity contribution in [3.05, 3.63) is 29.8 Å². The monoisotopic (exact) mass is 251 g/mol. The maximum atomic E-state index is 12.3.